The first-order chi connectivity index (χ1) is 11.4. The Morgan fingerprint density at radius 3 is 2.67 bits per heavy atom. The Balaban J connectivity index is 1.66. The van der Waals surface area contributed by atoms with Crippen LogP contribution >= 0.6 is 0 Å². The van der Waals surface area contributed by atoms with Gasteiger partial charge in [-0.15, -0.1) is 0 Å². The second-order valence-corrected chi connectivity index (χ2v) is 7.19. The van der Waals surface area contributed by atoms with Gasteiger partial charge in [-0.25, -0.2) is 0 Å². The molecule has 3 aliphatic rings. The summed E-state index contributed by atoms with van der Waals surface area (Å²) in [5.41, 5.74) is 0. The van der Waals surface area contributed by atoms with Crippen molar-refractivity contribution in [2.24, 2.45) is 0 Å². The molecule has 0 bridgehead atoms. The number of unbranched alkanes of at least 4 members (excludes halogenated alkanes) is 3. The van der Waals surface area contributed by atoms with Crippen molar-refractivity contribution in [3.05, 3.63) is 0 Å². The van der Waals surface area contributed by atoms with Crippen LogP contribution in [0.2, 0.25) is 0 Å². The first-order valence-electron chi connectivity index (χ1n) is 8.82. The number of morpholine rings is 1. The summed E-state index contributed by atoms with van der Waals surface area (Å²) in [6, 6.07) is 0. The van der Waals surface area contributed by atoms with E-state index in [2.05, 4.69) is 6.92 Å². The highest BCUT2D eigenvalue weighted by atomic mass is 16.8. The van der Waals surface area contributed by atoms with Crippen molar-refractivity contribution >= 4 is 11.7 Å². The highest BCUT2D eigenvalue weighted by Gasteiger charge is 2.59. The second kappa shape index (κ2) is 6.71. The molecular formula is C17H27NO6. The van der Waals surface area contributed by atoms with Crippen LogP contribution in [0.5, 0.6) is 0 Å². The fourth-order valence-corrected chi connectivity index (χ4v) is 3.51. The molecule has 24 heavy (non-hydrogen) atoms. The topological polar surface area (TPSA) is 74.3 Å². The summed E-state index contributed by atoms with van der Waals surface area (Å²) in [4.78, 5) is 26.7. The monoisotopic (exact) mass is 341 g/mol. The van der Waals surface area contributed by atoms with Gasteiger partial charge in [-0.2, -0.15) is 0 Å². The van der Waals surface area contributed by atoms with Crippen LogP contribution in [0.3, 0.4) is 0 Å². The van der Waals surface area contributed by atoms with Gasteiger partial charge in [-0.3, -0.25) is 9.59 Å². The number of Topliss-reactive ketones (excluding diaryl/α,β-unsaturated/α-hetero) is 1. The second-order valence-electron chi connectivity index (χ2n) is 7.19. The van der Waals surface area contributed by atoms with Gasteiger partial charge in [0, 0.05) is 6.54 Å². The molecular weight excluding hydrogens is 314 g/mol. The van der Waals surface area contributed by atoms with Crippen LogP contribution in [0.1, 0.15) is 46.5 Å². The van der Waals surface area contributed by atoms with Gasteiger partial charge in [-0.05, 0) is 20.3 Å². The number of ether oxygens (including phenoxy) is 4. The molecule has 0 aromatic carbocycles. The molecule has 7 heteroatoms. The number of amides is 1. The fourth-order valence-electron chi connectivity index (χ4n) is 3.51. The van der Waals surface area contributed by atoms with E-state index in [0.717, 1.165) is 25.7 Å². The third-order valence-corrected chi connectivity index (χ3v) is 4.76. The fraction of sp³-hybridized carbons (Fsp3) is 0.882. The lowest BCUT2D eigenvalue weighted by atomic mass is 9.97. The first kappa shape index (κ1) is 17.8. The summed E-state index contributed by atoms with van der Waals surface area (Å²) >= 11 is 0. The molecule has 3 aliphatic heterocycles. The molecule has 0 aromatic heterocycles. The summed E-state index contributed by atoms with van der Waals surface area (Å²) < 4.78 is 22.8. The van der Waals surface area contributed by atoms with Gasteiger partial charge in [0.2, 0.25) is 11.7 Å². The van der Waals surface area contributed by atoms with Crippen molar-refractivity contribution in [1.29, 1.82) is 0 Å². The Bertz CT molecular complexity index is 507. The van der Waals surface area contributed by atoms with Crippen LogP contribution in [0.4, 0.5) is 0 Å². The number of rotatable bonds is 5. The zero-order chi connectivity index (χ0) is 17.4. The minimum Gasteiger partial charge on any atom is -0.342 e. The number of fused-ring (bicyclic) bond motifs is 1. The highest BCUT2D eigenvalue weighted by molar-refractivity contribution is 5.93. The average Bonchev–Trinajstić information content (AvgIpc) is 2.86. The molecule has 0 saturated carbocycles. The van der Waals surface area contributed by atoms with E-state index < -0.39 is 23.8 Å². The summed E-state index contributed by atoms with van der Waals surface area (Å²) in [7, 11) is 0. The molecule has 3 heterocycles. The summed E-state index contributed by atoms with van der Waals surface area (Å²) in [6.45, 7) is 6.53. The maximum Gasteiger partial charge on any atom is 0.250 e. The van der Waals surface area contributed by atoms with Crippen LogP contribution in [0.15, 0.2) is 0 Å². The van der Waals surface area contributed by atoms with Gasteiger partial charge >= 0.3 is 0 Å². The molecule has 3 atom stereocenters. The molecule has 0 aromatic rings. The SMILES string of the molecule is CCCCCCN1C[C@@]2(OCC1=O)OC[C@H]1OC(C)(C)O[C@H]1C2=O. The number of hydrogen-bond acceptors (Lipinski definition) is 6. The van der Waals surface area contributed by atoms with Gasteiger partial charge in [0.15, 0.2) is 11.9 Å². The normalized spacial score (nSPS) is 35.5. The molecule has 3 rings (SSSR count). The van der Waals surface area contributed by atoms with Crippen LogP contribution in [0.25, 0.3) is 0 Å². The van der Waals surface area contributed by atoms with Gasteiger partial charge in [0.1, 0.15) is 12.7 Å². The number of carbonyl (C=O) groups excluding carboxylic acids is 2. The third kappa shape index (κ3) is 3.35. The Morgan fingerprint density at radius 1 is 1.12 bits per heavy atom. The highest BCUT2D eigenvalue weighted by Crippen LogP contribution is 2.37. The van der Waals surface area contributed by atoms with E-state index in [4.69, 9.17) is 18.9 Å². The summed E-state index contributed by atoms with van der Waals surface area (Å²) in [5, 5.41) is 0. The van der Waals surface area contributed by atoms with Crippen molar-refractivity contribution in [3.63, 3.8) is 0 Å². The maximum absolute atomic E-state index is 12.9. The lowest BCUT2D eigenvalue weighted by Gasteiger charge is -2.44. The van der Waals surface area contributed by atoms with Gasteiger partial charge in [-0.1, -0.05) is 26.2 Å². The van der Waals surface area contributed by atoms with Crippen molar-refractivity contribution in [1.82, 2.24) is 4.90 Å². The predicted octanol–water partition coefficient (Wildman–Crippen LogP) is 1.24. The molecule has 1 amide bonds. The van der Waals surface area contributed by atoms with Crippen molar-refractivity contribution < 1.29 is 28.5 Å². The van der Waals surface area contributed by atoms with E-state index in [0.29, 0.717) is 6.54 Å². The van der Waals surface area contributed by atoms with E-state index in [1.54, 1.807) is 18.7 Å². The Kier molecular flexibility index (Phi) is 4.97. The quantitative estimate of drug-likeness (QED) is 0.701. The molecule has 3 fully saturated rings. The lowest BCUT2D eigenvalue weighted by molar-refractivity contribution is -0.270. The zero-order valence-electron chi connectivity index (χ0n) is 14.7. The van der Waals surface area contributed by atoms with Crippen molar-refractivity contribution in [2.45, 2.75) is 70.2 Å². The van der Waals surface area contributed by atoms with Gasteiger partial charge in [0.05, 0.1) is 13.2 Å². The lowest BCUT2D eigenvalue weighted by Crippen LogP contribution is -2.66. The van der Waals surface area contributed by atoms with Crippen LogP contribution < -0.4 is 0 Å². The molecule has 0 radical (unpaired) electrons. The number of hydrogen-bond donors (Lipinski definition) is 0. The predicted molar refractivity (Wildman–Crippen MR) is 84.2 cm³/mol. The maximum atomic E-state index is 12.9. The third-order valence-electron chi connectivity index (χ3n) is 4.76. The zero-order valence-corrected chi connectivity index (χ0v) is 14.7. The molecule has 3 saturated heterocycles. The van der Waals surface area contributed by atoms with Gasteiger partial charge in [0.25, 0.3) is 5.79 Å². The number of carbonyl (C=O) groups is 2. The van der Waals surface area contributed by atoms with E-state index in [1.807, 2.05) is 0 Å². The van der Waals surface area contributed by atoms with Gasteiger partial charge < -0.3 is 23.8 Å². The van der Waals surface area contributed by atoms with Crippen molar-refractivity contribution in [3.8, 4) is 0 Å². The average molecular weight is 341 g/mol. The molecule has 0 N–H and O–H groups in total. The minimum atomic E-state index is -1.41. The molecule has 7 nitrogen and oxygen atoms in total. The molecule has 1 spiro atoms. The van der Waals surface area contributed by atoms with E-state index in [1.165, 1.54) is 0 Å². The summed E-state index contributed by atoms with van der Waals surface area (Å²) in [6.07, 6.45) is 3.14. The Morgan fingerprint density at radius 2 is 1.92 bits per heavy atom. The smallest absolute Gasteiger partial charge is 0.250 e. The van der Waals surface area contributed by atoms with Crippen LogP contribution in [-0.4, -0.2) is 66.7 Å². The Hall–Kier alpha value is -1.02. The van der Waals surface area contributed by atoms with E-state index in [9.17, 15) is 9.59 Å². The first-order valence-corrected chi connectivity index (χ1v) is 8.82. The van der Waals surface area contributed by atoms with Crippen LogP contribution in [-0.2, 0) is 28.5 Å². The standard InChI is InChI=1S/C17H27NO6/c1-4-5-6-7-8-18-11-17(22-10-13(18)19)15(20)14-12(9-21-17)23-16(2,3)24-14/h12,14H,4-11H2,1-3H3/t12-,14-,17+/m1/s1. The number of ketones is 1. The number of nitrogens with zero attached hydrogens (tertiary/aromatic N) is 1. The summed E-state index contributed by atoms with van der Waals surface area (Å²) in [5.74, 6) is -2.61. The van der Waals surface area contributed by atoms with Crippen molar-refractivity contribution in [2.75, 3.05) is 26.3 Å². The minimum absolute atomic E-state index is 0.0976. The van der Waals surface area contributed by atoms with E-state index >= 15 is 0 Å². The van der Waals surface area contributed by atoms with E-state index in [-0.39, 0.29) is 31.4 Å². The van der Waals surface area contributed by atoms with Crippen LogP contribution in [0, 0.1) is 0 Å². The molecule has 136 valence electrons. The molecule has 0 unspecified atom stereocenters. The molecule has 0 aliphatic carbocycles. The Labute approximate surface area is 142 Å². The largest absolute Gasteiger partial charge is 0.342 e.